The fourth-order valence-electron chi connectivity index (χ4n) is 3.38. The van der Waals surface area contributed by atoms with E-state index in [-0.39, 0.29) is 24.0 Å². The Hall–Kier alpha value is -2.63. The summed E-state index contributed by atoms with van der Waals surface area (Å²) in [6.07, 6.45) is 1.66. The maximum Gasteiger partial charge on any atom is 0.198 e. The van der Waals surface area contributed by atoms with Gasteiger partial charge in [-0.3, -0.25) is 10.4 Å². The van der Waals surface area contributed by atoms with Crippen LogP contribution in [0, 0.1) is 0 Å². The third kappa shape index (κ3) is 2.58. The first-order valence-corrected chi connectivity index (χ1v) is 8.13. The van der Waals surface area contributed by atoms with Crippen LogP contribution in [0.1, 0.15) is 24.0 Å². The summed E-state index contributed by atoms with van der Waals surface area (Å²) in [5.41, 5.74) is 9.38. The van der Waals surface area contributed by atoms with Crippen LogP contribution in [-0.4, -0.2) is 28.5 Å². The number of rotatable bonds is 3. The van der Waals surface area contributed by atoms with Gasteiger partial charge in [-0.2, -0.15) is 0 Å². The fraction of sp³-hybridized carbons (Fsp3) is 0.211. The zero-order valence-electron chi connectivity index (χ0n) is 13.4. The number of H-pyrrole nitrogens is 1. The molecule has 2 heterocycles. The van der Waals surface area contributed by atoms with Gasteiger partial charge >= 0.3 is 0 Å². The minimum atomic E-state index is -0.0875. The molecule has 3 aromatic rings. The molecule has 0 radical (unpaired) electrons. The second-order valence-electron chi connectivity index (χ2n) is 6.17. The van der Waals surface area contributed by atoms with Crippen molar-refractivity contribution in [3.63, 3.8) is 0 Å². The van der Waals surface area contributed by atoms with Gasteiger partial charge in [0, 0.05) is 29.1 Å². The molecule has 0 bridgehead atoms. The van der Waals surface area contributed by atoms with Crippen LogP contribution in [0.4, 0.5) is 0 Å². The van der Waals surface area contributed by atoms with Crippen LogP contribution < -0.4 is 10.9 Å². The lowest BCUT2D eigenvalue weighted by Gasteiger charge is -2.18. The van der Waals surface area contributed by atoms with E-state index in [9.17, 15) is 5.11 Å². The Morgan fingerprint density at radius 1 is 1.00 bits per heavy atom. The Kier molecular flexibility index (Phi) is 3.80. The number of benzene rings is 2. The van der Waals surface area contributed by atoms with E-state index >= 15 is 0 Å². The summed E-state index contributed by atoms with van der Waals surface area (Å²) in [6, 6.07) is 18.5. The van der Waals surface area contributed by atoms with E-state index in [4.69, 9.17) is 4.99 Å². The lowest BCUT2D eigenvalue weighted by molar-refractivity contribution is 0.457. The van der Waals surface area contributed by atoms with Gasteiger partial charge in [0.1, 0.15) is 6.17 Å². The highest BCUT2D eigenvalue weighted by Gasteiger charge is 2.33. The van der Waals surface area contributed by atoms with Crippen molar-refractivity contribution in [2.75, 3.05) is 0 Å². The van der Waals surface area contributed by atoms with Crippen molar-refractivity contribution in [2.24, 2.45) is 4.99 Å². The van der Waals surface area contributed by atoms with E-state index in [2.05, 4.69) is 34.9 Å². The topological polar surface area (TPSA) is 72.4 Å². The molecule has 4 N–H and O–H groups in total. The standard InChI is InChI=1S/C19H20N4O/c1-12-17(13-7-3-2-4-8-13)18(23-22-12)20-11-15-14-9-5-6-10-16(14)21-19(15)24/h2-12,17-18,21-24H,1H3/b20-11+. The average molecular weight is 320 g/mol. The summed E-state index contributed by atoms with van der Waals surface area (Å²) in [4.78, 5) is 7.69. The molecule has 24 heavy (non-hydrogen) atoms. The maximum absolute atomic E-state index is 10.2. The zero-order valence-corrected chi connectivity index (χ0v) is 13.4. The van der Waals surface area contributed by atoms with Crippen molar-refractivity contribution in [2.45, 2.75) is 25.0 Å². The second-order valence-corrected chi connectivity index (χ2v) is 6.17. The van der Waals surface area contributed by atoms with E-state index in [0.717, 1.165) is 16.5 Å². The van der Waals surface area contributed by atoms with Crippen LogP contribution in [0.2, 0.25) is 0 Å². The molecule has 1 fully saturated rings. The Morgan fingerprint density at radius 2 is 1.75 bits per heavy atom. The SMILES string of the molecule is CC1NNC(/N=C/c2c(O)[nH]c3ccccc23)C1c1ccccc1. The monoisotopic (exact) mass is 320 g/mol. The highest BCUT2D eigenvalue weighted by molar-refractivity contribution is 6.01. The highest BCUT2D eigenvalue weighted by atomic mass is 16.3. The van der Waals surface area contributed by atoms with Crippen LogP contribution in [0.3, 0.4) is 0 Å². The van der Waals surface area contributed by atoms with Gasteiger partial charge in [-0.15, -0.1) is 0 Å². The molecule has 3 atom stereocenters. The fourth-order valence-corrected chi connectivity index (χ4v) is 3.38. The molecule has 0 amide bonds. The number of aromatic hydroxyl groups is 1. The number of fused-ring (bicyclic) bond motifs is 1. The number of aromatic amines is 1. The molecule has 122 valence electrons. The molecule has 4 rings (SSSR count). The molecule has 0 aliphatic carbocycles. The first-order chi connectivity index (χ1) is 11.7. The first-order valence-electron chi connectivity index (χ1n) is 8.13. The van der Waals surface area contributed by atoms with E-state index in [1.807, 2.05) is 42.5 Å². The molecule has 1 saturated heterocycles. The third-order valence-electron chi connectivity index (χ3n) is 4.61. The van der Waals surface area contributed by atoms with Crippen molar-refractivity contribution in [1.29, 1.82) is 0 Å². The number of hydrogen-bond donors (Lipinski definition) is 4. The predicted molar refractivity (Wildman–Crippen MR) is 96.3 cm³/mol. The van der Waals surface area contributed by atoms with Gasteiger partial charge in [-0.25, -0.2) is 5.43 Å². The average Bonchev–Trinajstić information content (AvgIpc) is 3.13. The van der Waals surface area contributed by atoms with Gasteiger partial charge in [0.25, 0.3) is 0 Å². The van der Waals surface area contributed by atoms with Crippen LogP contribution >= 0.6 is 0 Å². The molecular weight excluding hydrogens is 300 g/mol. The summed E-state index contributed by atoms with van der Waals surface area (Å²) in [7, 11) is 0. The summed E-state index contributed by atoms with van der Waals surface area (Å²) >= 11 is 0. The summed E-state index contributed by atoms with van der Waals surface area (Å²) in [5.74, 6) is 0.380. The molecule has 2 aromatic carbocycles. The van der Waals surface area contributed by atoms with Crippen LogP contribution in [0.15, 0.2) is 59.6 Å². The van der Waals surface area contributed by atoms with Crippen LogP contribution in [0.5, 0.6) is 5.88 Å². The van der Waals surface area contributed by atoms with Gasteiger partial charge in [-0.1, -0.05) is 48.5 Å². The molecule has 3 unspecified atom stereocenters. The van der Waals surface area contributed by atoms with E-state index in [1.54, 1.807) is 6.21 Å². The number of nitrogens with zero attached hydrogens (tertiary/aromatic N) is 1. The minimum Gasteiger partial charge on any atom is -0.494 e. The van der Waals surface area contributed by atoms with Crippen molar-refractivity contribution < 1.29 is 5.11 Å². The molecule has 0 saturated carbocycles. The number of hydrogen-bond acceptors (Lipinski definition) is 4. The minimum absolute atomic E-state index is 0.0875. The number of aromatic nitrogens is 1. The summed E-state index contributed by atoms with van der Waals surface area (Å²) < 4.78 is 0. The van der Waals surface area contributed by atoms with Crippen LogP contribution in [0.25, 0.3) is 10.9 Å². The Balaban J connectivity index is 1.66. The van der Waals surface area contributed by atoms with Gasteiger partial charge in [0.15, 0.2) is 5.88 Å². The lowest BCUT2D eigenvalue weighted by Crippen LogP contribution is -2.31. The molecule has 0 spiro atoms. The number of hydrazine groups is 1. The van der Waals surface area contributed by atoms with Crippen molar-refractivity contribution in [3.8, 4) is 5.88 Å². The second kappa shape index (κ2) is 6.11. The van der Waals surface area contributed by atoms with Crippen molar-refractivity contribution >= 4 is 17.1 Å². The molecule has 5 heteroatoms. The molecule has 1 aromatic heterocycles. The summed E-state index contributed by atoms with van der Waals surface area (Å²) in [6.45, 7) is 2.14. The van der Waals surface area contributed by atoms with Crippen molar-refractivity contribution in [1.82, 2.24) is 15.8 Å². The largest absolute Gasteiger partial charge is 0.494 e. The lowest BCUT2D eigenvalue weighted by atomic mass is 9.92. The van der Waals surface area contributed by atoms with E-state index < -0.39 is 0 Å². The molecular formula is C19H20N4O. The van der Waals surface area contributed by atoms with Gasteiger partial charge in [-0.05, 0) is 18.6 Å². The van der Waals surface area contributed by atoms with E-state index in [1.165, 1.54) is 5.56 Å². The van der Waals surface area contributed by atoms with Gasteiger partial charge in [0.2, 0.25) is 0 Å². The number of para-hydroxylation sites is 1. The Morgan fingerprint density at radius 3 is 2.58 bits per heavy atom. The zero-order chi connectivity index (χ0) is 16.5. The number of nitrogens with one attached hydrogen (secondary N) is 3. The van der Waals surface area contributed by atoms with E-state index in [0.29, 0.717) is 0 Å². The van der Waals surface area contributed by atoms with Gasteiger partial charge in [0.05, 0.1) is 5.56 Å². The predicted octanol–water partition coefficient (Wildman–Crippen LogP) is 2.90. The summed E-state index contributed by atoms with van der Waals surface area (Å²) in [5, 5.41) is 11.1. The molecule has 5 nitrogen and oxygen atoms in total. The molecule has 1 aliphatic rings. The normalized spacial score (nSPS) is 24.1. The quantitative estimate of drug-likeness (QED) is 0.561. The third-order valence-corrected chi connectivity index (χ3v) is 4.61. The highest BCUT2D eigenvalue weighted by Crippen LogP contribution is 2.29. The van der Waals surface area contributed by atoms with Gasteiger partial charge < -0.3 is 10.1 Å². The Labute approximate surface area is 140 Å². The Bertz CT molecular complexity index is 871. The van der Waals surface area contributed by atoms with Crippen molar-refractivity contribution in [3.05, 3.63) is 65.7 Å². The van der Waals surface area contributed by atoms with Crippen LogP contribution in [-0.2, 0) is 0 Å². The smallest absolute Gasteiger partial charge is 0.198 e. The maximum atomic E-state index is 10.2. The molecule has 1 aliphatic heterocycles. The number of aliphatic imine (C=N–C) groups is 1. The first kappa shape index (κ1) is 14.9.